The average molecular weight is 393 g/mol. The molecule has 0 aliphatic carbocycles. The van der Waals surface area contributed by atoms with Crippen LogP contribution < -0.4 is 4.74 Å². The molecule has 1 heterocycles. The Bertz CT molecular complexity index is 850. The maximum Gasteiger partial charge on any atom is 0.257 e. The zero-order valence-electron chi connectivity index (χ0n) is 17.2. The first-order valence-corrected chi connectivity index (χ1v) is 9.94. The van der Waals surface area contributed by atoms with Crippen LogP contribution in [0.3, 0.4) is 0 Å². The van der Waals surface area contributed by atoms with Crippen LogP contribution in [0.25, 0.3) is 0 Å². The molecule has 1 fully saturated rings. The molecule has 0 spiro atoms. The Hall–Kier alpha value is -2.88. The Kier molecular flexibility index (Phi) is 7.23. The Morgan fingerprint density at radius 1 is 1.07 bits per heavy atom. The highest BCUT2D eigenvalue weighted by molar-refractivity contribution is 5.97. The third kappa shape index (κ3) is 5.80. The van der Waals surface area contributed by atoms with Crippen molar-refractivity contribution in [3.63, 3.8) is 0 Å². The fourth-order valence-electron chi connectivity index (χ4n) is 3.33. The molecule has 0 N–H and O–H groups in total. The summed E-state index contributed by atoms with van der Waals surface area (Å²) in [4.78, 5) is 19.3. The highest BCUT2D eigenvalue weighted by atomic mass is 16.5. The van der Waals surface area contributed by atoms with Crippen molar-refractivity contribution in [2.75, 3.05) is 53.4 Å². The van der Waals surface area contributed by atoms with Crippen LogP contribution in [0, 0.1) is 11.3 Å². The molecule has 152 valence electrons. The topological polar surface area (TPSA) is 59.8 Å². The van der Waals surface area contributed by atoms with E-state index in [1.807, 2.05) is 67.5 Å². The fraction of sp³-hybridized carbons (Fsp3) is 0.391. The molecule has 0 saturated carbocycles. The summed E-state index contributed by atoms with van der Waals surface area (Å²) in [6.45, 7) is 5.23. The van der Waals surface area contributed by atoms with Crippen LogP contribution in [0.5, 0.6) is 5.75 Å². The monoisotopic (exact) mass is 392 g/mol. The van der Waals surface area contributed by atoms with Crippen molar-refractivity contribution in [2.45, 2.75) is 6.54 Å². The van der Waals surface area contributed by atoms with Crippen LogP contribution in [0.15, 0.2) is 48.5 Å². The number of carbonyl (C=O) groups is 1. The zero-order valence-corrected chi connectivity index (χ0v) is 17.2. The van der Waals surface area contributed by atoms with Crippen LogP contribution in [0.4, 0.5) is 0 Å². The van der Waals surface area contributed by atoms with Gasteiger partial charge in [-0.15, -0.1) is 0 Å². The number of hydrogen-bond donors (Lipinski definition) is 0. The van der Waals surface area contributed by atoms with E-state index in [2.05, 4.69) is 15.9 Å². The number of piperazine rings is 1. The zero-order chi connectivity index (χ0) is 20.6. The Balaban J connectivity index is 1.55. The average Bonchev–Trinajstić information content (AvgIpc) is 2.74. The predicted molar refractivity (Wildman–Crippen MR) is 113 cm³/mol. The van der Waals surface area contributed by atoms with E-state index in [4.69, 9.17) is 10.00 Å². The highest BCUT2D eigenvalue weighted by Crippen LogP contribution is 2.21. The molecule has 0 aromatic heterocycles. The predicted octanol–water partition coefficient (Wildman–Crippen LogP) is 2.46. The van der Waals surface area contributed by atoms with E-state index in [0.29, 0.717) is 36.6 Å². The van der Waals surface area contributed by atoms with E-state index in [9.17, 15) is 4.79 Å². The summed E-state index contributed by atoms with van der Waals surface area (Å²) in [7, 11) is 4.00. The lowest BCUT2D eigenvalue weighted by atomic mass is 10.1. The number of rotatable bonds is 7. The molecule has 0 atom stereocenters. The maximum atomic E-state index is 13.0. The summed E-state index contributed by atoms with van der Waals surface area (Å²) in [5, 5.41) is 8.91. The van der Waals surface area contributed by atoms with Gasteiger partial charge in [0.2, 0.25) is 0 Å². The van der Waals surface area contributed by atoms with Gasteiger partial charge in [0.15, 0.2) is 0 Å². The lowest BCUT2D eigenvalue weighted by Gasteiger charge is -2.35. The molecular formula is C23H28N4O2. The number of hydrogen-bond acceptors (Lipinski definition) is 5. The highest BCUT2D eigenvalue weighted by Gasteiger charge is 2.24. The molecule has 29 heavy (non-hydrogen) atoms. The molecule has 6 nitrogen and oxygen atoms in total. The number of para-hydroxylation sites is 1. The number of likely N-dealkylation sites (N-methyl/N-ethyl adjacent to an activating group) is 1. The van der Waals surface area contributed by atoms with Gasteiger partial charge in [-0.1, -0.05) is 24.3 Å². The number of nitriles is 1. The summed E-state index contributed by atoms with van der Waals surface area (Å²) in [5.41, 5.74) is 2.49. The van der Waals surface area contributed by atoms with Crippen LogP contribution in [-0.4, -0.2) is 74.0 Å². The quantitative estimate of drug-likeness (QED) is 0.724. The number of carbonyl (C=O) groups excluding carboxylic acids is 1. The van der Waals surface area contributed by atoms with Gasteiger partial charge in [0.05, 0.1) is 17.2 Å². The SMILES string of the molecule is CN(C)CCOc1ccccc1C(=O)N1CCN(Cc2ccc(C#N)cc2)CC1. The van der Waals surface area contributed by atoms with Crippen molar-refractivity contribution in [1.29, 1.82) is 5.26 Å². The number of benzene rings is 2. The molecule has 0 radical (unpaired) electrons. The molecular weight excluding hydrogens is 364 g/mol. The first-order chi connectivity index (χ1) is 14.1. The molecule has 0 unspecified atom stereocenters. The lowest BCUT2D eigenvalue weighted by molar-refractivity contribution is 0.0624. The van der Waals surface area contributed by atoms with Gasteiger partial charge < -0.3 is 14.5 Å². The van der Waals surface area contributed by atoms with Crippen molar-refractivity contribution in [3.05, 3.63) is 65.2 Å². The molecule has 2 aromatic carbocycles. The van der Waals surface area contributed by atoms with Crippen LogP contribution in [-0.2, 0) is 6.54 Å². The second kappa shape index (κ2) is 10.1. The van der Waals surface area contributed by atoms with E-state index in [-0.39, 0.29) is 5.91 Å². The number of ether oxygens (including phenoxy) is 1. The van der Waals surface area contributed by atoms with Crippen molar-refractivity contribution < 1.29 is 9.53 Å². The van der Waals surface area contributed by atoms with Crippen molar-refractivity contribution in [2.24, 2.45) is 0 Å². The first-order valence-electron chi connectivity index (χ1n) is 9.94. The largest absolute Gasteiger partial charge is 0.491 e. The standard InChI is InChI=1S/C23H28N4O2/c1-25(2)15-16-29-22-6-4-3-5-21(22)23(28)27-13-11-26(12-14-27)18-20-9-7-19(17-24)8-10-20/h3-10H,11-16,18H2,1-2H3. The summed E-state index contributed by atoms with van der Waals surface area (Å²) < 4.78 is 5.86. The molecule has 3 rings (SSSR count). The summed E-state index contributed by atoms with van der Waals surface area (Å²) in [6, 6.07) is 17.3. The van der Waals surface area contributed by atoms with Gasteiger partial charge in [-0.3, -0.25) is 9.69 Å². The second-order valence-corrected chi connectivity index (χ2v) is 7.52. The normalized spacial score (nSPS) is 14.6. The minimum absolute atomic E-state index is 0.0310. The number of nitrogens with zero attached hydrogens (tertiary/aromatic N) is 4. The summed E-state index contributed by atoms with van der Waals surface area (Å²) in [6.07, 6.45) is 0. The van der Waals surface area contributed by atoms with Crippen LogP contribution >= 0.6 is 0 Å². The van der Waals surface area contributed by atoms with Crippen molar-refractivity contribution in [1.82, 2.24) is 14.7 Å². The lowest BCUT2D eigenvalue weighted by Crippen LogP contribution is -2.48. The minimum atomic E-state index is 0.0310. The van der Waals surface area contributed by atoms with Gasteiger partial charge >= 0.3 is 0 Å². The summed E-state index contributed by atoms with van der Waals surface area (Å²) in [5.74, 6) is 0.683. The van der Waals surface area contributed by atoms with Crippen LogP contribution in [0.1, 0.15) is 21.5 Å². The molecule has 2 aromatic rings. The van der Waals surface area contributed by atoms with E-state index < -0.39 is 0 Å². The Labute approximate surface area is 172 Å². The Morgan fingerprint density at radius 2 is 1.76 bits per heavy atom. The van der Waals surface area contributed by atoms with Gasteiger partial charge in [0.1, 0.15) is 12.4 Å². The van der Waals surface area contributed by atoms with Crippen LogP contribution in [0.2, 0.25) is 0 Å². The Morgan fingerprint density at radius 3 is 2.41 bits per heavy atom. The van der Waals surface area contributed by atoms with Gasteiger partial charge in [0, 0.05) is 39.3 Å². The minimum Gasteiger partial charge on any atom is -0.491 e. The molecule has 1 amide bonds. The van der Waals surface area contributed by atoms with E-state index >= 15 is 0 Å². The molecule has 1 saturated heterocycles. The van der Waals surface area contributed by atoms with E-state index in [0.717, 1.165) is 26.2 Å². The van der Waals surface area contributed by atoms with Gasteiger partial charge in [0.25, 0.3) is 5.91 Å². The molecule has 0 bridgehead atoms. The van der Waals surface area contributed by atoms with Gasteiger partial charge in [-0.25, -0.2) is 0 Å². The molecule has 1 aliphatic rings. The van der Waals surface area contributed by atoms with Crippen molar-refractivity contribution in [3.8, 4) is 11.8 Å². The molecule has 6 heteroatoms. The van der Waals surface area contributed by atoms with Gasteiger partial charge in [-0.2, -0.15) is 5.26 Å². The number of amides is 1. The first kappa shape index (κ1) is 20.8. The smallest absolute Gasteiger partial charge is 0.257 e. The summed E-state index contributed by atoms with van der Waals surface area (Å²) >= 11 is 0. The van der Waals surface area contributed by atoms with Crippen molar-refractivity contribution >= 4 is 5.91 Å². The van der Waals surface area contributed by atoms with E-state index in [1.54, 1.807) is 0 Å². The maximum absolute atomic E-state index is 13.0. The molecule has 1 aliphatic heterocycles. The third-order valence-electron chi connectivity index (χ3n) is 5.06. The fourth-order valence-corrected chi connectivity index (χ4v) is 3.33. The second-order valence-electron chi connectivity index (χ2n) is 7.52. The van der Waals surface area contributed by atoms with Gasteiger partial charge in [-0.05, 0) is 43.9 Å². The van der Waals surface area contributed by atoms with E-state index in [1.165, 1.54) is 5.56 Å². The third-order valence-corrected chi connectivity index (χ3v) is 5.06.